The highest BCUT2D eigenvalue weighted by Crippen LogP contribution is 2.53. The summed E-state index contributed by atoms with van der Waals surface area (Å²) in [6.07, 6.45) is 18.4. The van der Waals surface area contributed by atoms with E-state index in [0.29, 0.717) is 0 Å². The first-order chi connectivity index (χ1) is 40.0. The quantitative estimate of drug-likeness (QED) is 0.100. The van der Waals surface area contributed by atoms with Crippen LogP contribution in [0.15, 0.2) is 264 Å². The largest absolute Gasteiger partial charge is 0.330 e. The summed E-state index contributed by atoms with van der Waals surface area (Å²) in [5, 5.41) is 5.68. The second-order valence-corrected chi connectivity index (χ2v) is 47.6. The Morgan fingerprint density at radius 1 is 0.369 bits per heavy atom. The number of anilines is 4. The monoisotopic (exact) mass is 1170 g/mol. The molecule has 0 N–H and O–H groups in total. The summed E-state index contributed by atoms with van der Waals surface area (Å²) in [7, 11) is -6.24. The third kappa shape index (κ3) is 11.0. The van der Waals surface area contributed by atoms with Crippen LogP contribution in [0.25, 0.3) is 44.5 Å². The fourth-order valence-electron chi connectivity index (χ4n) is 12.5. The summed E-state index contributed by atoms with van der Waals surface area (Å²) in [5.74, 6) is -0.657. The van der Waals surface area contributed by atoms with Crippen LogP contribution in [0, 0.1) is 17.6 Å². The van der Waals surface area contributed by atoms with Crippen molar-refractivity contribution in [3.8, 4) is 44.5 Å². The van der Waals surface area contributed by atoms with Crippen molar-refractivity contribution in [3.63, 3.8) is 0 Å². The smallest absolute Gasteiger partial charge is 0.123 e. The Hall–Kier alpha value is -7.73. The molecule has 2 atom stereocenters. The molecular weight excluding hydrogens is 1090 g/mol. The first-order valence-corrected chi connectivity index (χ1v) is 43.8. The number of allylic oxidation sites excluding steroid dienone is 10. The van der Waals surface area contributed by atoms with Crippen molar-refractivity contribution in [2.24, 2.45) is 5.92 Å². The van der Waals surface area contributed by atoms with Crippen molar-refractivity contribution < 1.29 is 8.78 Å². The summed E-state index contributed by atoms with van der Waals surface area (Å²) in [6, 6.07) is 64.5. The van der Waals surface area contributed by atoms with E-state index in [1.165, 1.54) is 59.7 Å². The molecule has 0 aliphatic heterocycles. The molecule has 0 heterocycles. The van der Waals surface area contributed by atoms with Gasteiger partial charge in [0.1, 0.15) is 11.6 Å². The van der Waals surface area contributed by atoms with Gasteiger partial charge in [0.2, 0.25) is 0 Å². The molecule has 84 heavy (non-hydrogen) atoms. The Balaban J connectivity index is 1.01. The zero-order valence-corrected chi connectivity index (χ0v) is 54.7. The molecule has 2 unspecified atom stereocenters. The Kier molecular flexibility index (Phi) is 14.7. The van der Waals surface area contributed by atoms with Gasteiger partial charge in [-0.25, -0.2) is 8.78 Å². The minimum absolute atomic E-state index is 0.103. The lowest BCUT2D eigenvalue weighted by Crippen LogP contribution is -2.38. The molecule has 2 nitrogen and oxygen atoms in total. The molecule has 0 saturated carbocycles. The highest BCUT2D eigenvalue weighted by atomic mass is 28.3. The van der Waals surface area contributed by atoms with Crippen LogP contribution in [-0.2, 0) is 0 Å². The van der Waals surface area contributed by atoms with Crippen molar-refractivity contribution in [3.05, 3.63) is 276 Å². The number of halogens is 2. The first-order valence-electron chi connectivity index (χ1n) is 29.8. The molecule has 420 valence electrons. The summed E-state index contributed by atoms with van der Waals surface area (Å²) < 4.78 is 30.3. The van der Waals surface area contributed by atoms with Gasteiger partial charge in [0.25, 0.3) is 0 Å². The number of nitrogens with zero attached hydrogens (tertiary/aromatic N) is 2. The molecule has 0 saturated heterocycles. The van der Waals surface area contributed by atoms with E-state index in [2.05, 4.69) is 270 Å². The summed E-state index contributed by atoms with van der Waals surface area (Å²) in [5.41, 5.74) is 19.9. The third-order valence-electron chi connectivity index (χ3n) is 17.5. The maximum Gasteiger partial charge on any atom is 0.123 e. The Morgan fingerprint density at radius 3 is 1.25 bits per heavy atom. The fraction of sp³-hybridized carbons (Fsp3) is 0.184. The van der Waals surface area contributed by atoms with Crippen LogP contribution in [-0.4, -0.2) is 38.3 Å². The van der Waals surface area contributed by atoms with Gasteiger partial charge < -0.3 is 9.80 Å². The molecule has 0 radical (unpaired) electrons. The molecule has 0 bridgehead atoms. The van der Waals surface area contributed by atoms with Crippen molar-refractivity contribution in [2.75, 3.05) is 9.80 Å². The Morgan fingerprint density at radius 2 is 0.786 bits per heavy atom. The number of benzene rings is 8. The van der Waals surface area contributed by atoms with Gasteiger partial charge in [-0.15, -0.1) is 0 Å². The van der Waals surface area contributed by atoms with Crippen molar-refractivity contribution >= 4 is 75.8 Å². The maximum atomic E-state index is 15.2. The third-order valence-corrected chi connectivity index (χ3v) is 25.7. The van der Waals surface area contributed by atoms with Crippen LogP contribution < -0.4 is 30.5 Å². The van der Waals surface area contributed by atoms with E-state index in [1.54, 1.807) is 24.3 Å². The Bertz CT molecular complexity index is 4080. The maximum absolute atomic E-state index is 15.2. The number of rotatable bonds is 14. The topological polar surface area (TPSA) is 6.48 Å². The SMILES string of the molecule is C[Si](C)(C)c1ccc(-c2ccc(N(C3=C4C=CC5=C6C(=CC=C(C=C3)C46)C(N(c3ccc(F)cc3)c3ccc(-c4ccc([Si](C)(C)C)cc4)cc3-c3ccc([Si](C)(C)C)cc3)C=C5)c3ccc(F)cc3)c(-c3ccc([Si](C)(C)C)cc3)c2)cc1. The van der Waals surface area contributed by atoms with Crippen LogP contribution in [0.5, 0.6) is 0 Å². The van der Waals surface area contributed by atoms with E-state index >= 15 is 8.78 Å². The van der Waals surface area contributed by atoms with Gasteiger partial charge in [-0.05, 0) is 140 Å². The zero-order valence-electron chi connectivity index (χ0n) is 50.7. The van der Waals surface area contributed by atoms with Crippen LogP contribution in [0.2, 0.25) is 78.6 Å². The van der Waals surface area contributed by atoms with Gasteiger partial charge in [-0.2, -0.15) is 0 Å². The standard InChI is InChI=1S/C76H76F2N2Si4/c1-81(2,3)63-35-13-51(14-36-63)57-25-47-73(69(49-57)53-17-39-65(40-18-53)83(7,8)9)79(61-31-27-59(77)28-32-61)71-45-23-55-22-44-68-72(46-24-56-21-43-67(71)75(55)76(56)68)80(62-33-29-60(78)30-34-62)74-48-26-58(52-15-37-64(38-16-52)82(4,5)6)50-70(74)54-19-41-66(42-20-54)84(10,11)12/h13-50,71,76H,1-12H3. The molecule has 0 amide bonds. The van der Waals surface area contributed by atoms with Gasteiger partial charge in [0.05, 0.1) is 49.7 Å². The minimum Gasteiger partial charge on any atom is -0.330 e. The van der Waals surface area contributed by atoms with E-state index in [-0.39, 0.29) is 23.6 Å². The van der Waals surface area contributed by atoms with Gasteiger partial charge >= 0.3 is 0 Å². The van der Waals surface area contributed by atoms with E-state index < -0.39 is 32.3 Å². The lowest BCUT2D eigenvalue weighted by Gasteiger charge is -2.44. The molecule has 0 fully saturated rings. The van der Waals surface area contributed by atoms with Gasteiger partial charge in [0, 0.05) is 34.1 Å². The van der Waals surface area contributed by atoms with Crippen LogP contribution >= 0.6 is 0 Å². The highest BCUT2D eigenvalue weighted by Gasteiger charge is 2.41. The van der Waals surface area contributed by atoms with E-state index in [9.17, 15) is 0 Å². The molecule has 4 aliphatic rings. The fourth-order valence-corrected chi connectivity index (χ4v) is 17.2. The molecule has 0 spiro atoms. The van der Waals surface area contributed by atoms with E-state index in [0.717, 1.165) is 61.8 Å². The molecule has 4 aliphatic carbocycles. The molecule has 8 aromatic rings. The highest BCUT2D eigenvalue weighted by molar-refractivity contribution is 6.90. The van der Waals surface area contributed by atoms with Crippen molar-refractivity contribution in [1.29, 1.82) is 0 Å². The zero-order chi connectivity index (χ0) is 59.0. The molecule has 8 heteroatoms. The average molecular weight is 1170 g/mol. The van der Waals surface area contributed by atoms with Crippen LogP contribution in [0.3, 0.4) is 0 Å². The normalized spacial score (nSPS) is 16.6. The van der Waals surface area contributed by atoms with Crippen molar-refractivity contribution in [1.82, 2.24) is 0 Å². The number of hydrogen-bond acceptors (Lipinski definition) is 2. The Labute approximate surface area is 502 Å². The summed E-state index contributed by atoms with van der Waals surface area (Å²) >= 11 is 0. The average Bonchev–Trinajstić information content (AvgIpc) is 1.95. The molecule has 12 rings (SSSR count). The minimum atomic E-state index is -1.61. The first kappa shape index (κ1) is 56.7. The predicted octanol–water partition coefficient (Wildman–Crippen LogP) is 18.9. The number of hydrogen-bond donors (Lipinski definition) is 0. The molecule has 0 aromatic heterocycles. The van der Waals surface area contributed by atoms with Gasteiger partial charge in [-0.3, -0.25) is 0 Å². The van der Waals surface area contributed by atoms with Crippen molar-refractivity contribution in [2.45, 2.75) is 84.6 Å². The van der Waals surface area contributed by atoms with E-state index in [1.807, 2.05) is 24.3 Å². The van der Waals surface area contributed by atoms with Crippen LogP contribution in [0.4, 0.5) is 31.5 Å². The van der Waals surface area contributed by atoms with E-state index in [4.69, 9.17) is 0 Å². The van der Waals surface area contributed by atoms with Gasteiger partial charge in [0.15, 0.2) is 0 Å². The lowest BCUT2D eigenvalue weighted by molar-refractivity contribution is 0.627. The molecule has 8 aromatic carbocycles. The molecular formula is C76H76F2N2Si4. The lowest BCUT2D eigenvalue weighted by atomic mass is 9.67. The predicted molar refractivity (Wildman–Crippen MR) is 369 cm³/mol. The summed E-state index contributed by atoms with van der Waals surface area (Å²) in [6.45, 7) is 28.7. The second kappa shape index (κ2) is 21.7. The van der Waals surface area contributed by atoms with Gasteiger partial charge in [-0.1, -0.05) is 251 Å². The second-order valence-electron chi connectivity index (χ2n) is 27.3. The van der Waals surface area contributed by atoms with Crippen LogP contribution in [0.1, 0.15) is 0 Å². The summed E-state index contributed by atoms with van der Waals surface area (Å²) in [4.78, 5) is 4.78.